The summed E-state index contributed by atoms with van der Waals surface area (Å²) in [5.41, 5.74) is -0.979. The van der Waals surface area contributed by atoms with Crippen molar-refractivity contribution in [2.45, 2.75) is 38.1 Å². The van der Waals surface area contributed by atoms with Crippen molar-refractivity contribution in [3.8, 4) is 0 Å². The molecule has 0 saturated heterocycles. The lowest BCUT2D eigenvalue weighted by Gasteiger charge is -2.36. The summed E-state index contributed by atoms with van der Waals surface area (Å²) < 4.78 is 13.4. The fourth-order valence-corrected chi connectivity index (χ4v) is 2.95. The third-order valence-corrected chi connectivity index (χ3v) is 4.68. The van der Waals surface area contributed by atoms with Crippen LogP contribution in [0.5, 0.6) is 0 Å². The van der Waals surface area contributed by atoms with Crippen molar-refractivity contribution in [3.63, 3.8) is 0 Å². The molecule has 1 aromatic rings. The molecule has 1 amide bonds. The summed E-state index contributed by atoms with van der Waals surface area (Å²) in [4.78, 5) is 23.8. The molecule has 0 aromatic heterocycles. The molecule has 1 aliphatic rings. The number of hydrogen-bond donors (Lipinski definition) is 2. The molecule has 0 heterocycles. The van der Waals surface area contributed by atoms with Gasteiger partial charge in [-0.25, -0.2) is 9.18 Å². The highest BCUT2D eigenvalue weighted by atomic mass is 79.9. The predicted molar refractivity (Wildman–Crippen MR) is 79.6 cm³/mol. The molecule has 0 spiro atoms. The molecular formula is C15H17BrFNO3. The molecule has 1 aliphatic carbocycles. The molecule has 1 saturated carbocycles. The highest BCUT2D eigenvalue weighted by molar-refractivity contribution is 9.10. The number of aliphatic carboxylic acids is 1. The van der Waals surface area contributed by atoms with Crippen LogP contribution in [-0.2, 0) is 4.79 Å². The van der Waals surface area contributed by atoms with Gasteiger partial charge in [0.05, 0.1) is 4.47 Å². The van der Waals surface area contributed by atoms with Crippen LogP contribution in [0.2, 0.25) is 0 Å². The van der Waals surface area contributed by atoms with E-state index in [1.54, 1.807) is 0 Å². The van der Waals surface area contributed by atoms with Crippen molar-refractivity contribution in [1.82, 2.24) is 5.32 Å². The van der Waals surface area contributed by atoms with Gasteiger partial charge in [-0.1, -0.05) is 6.92 Å². The van der Waals surface area contributed by atoms with Gasteiger partial charge in [0, 0.05) is 5.56 Å². The quantitative estimate of drug-likeness (QED) is 0.871. The summed E-state index contributed by atoms with van der Waals surface area (Å²) in [5, 5.41) is 12.1. The summed E-state index contributed by atoms with van der Waals surface area (Å²) in [7, 11) is 0. The second-order valence-corrected chi connectivity index (χ2v) is 6.51. The van der Waals surface area contributed by atoms with Gasteiger partial charge in [-0.2, -0.15) is 0 Å². The number of carbonyl (C=O) groups is 2. The van der Waals surface area contributed by atoms with Crippen LogP contribution in [0.25, 0.3) is 0 Å². The largest absolute Gasteiger partial charge is 0.480 e. The summed E-state index contributed by atoms with van der Waals surface area (Å²) in [5.74, 6) is -1.50. The molecule has 0 atom stereocenters. The number of hydrogen-bond acceptors (Lipinski definition) is 2. The number of rotatable bonds is 3. The molecule has 21 heavy (non-hydrogen) atoms. The van der Waals surface area contributed by atoms with Crippen molar-refractivity contribution in [2.75, 3.05) is 0 Å². The SMILES string of the molecule is CC1CCC(NC(=O)c2ccc(F)c(Br)c2)(C(=O)O)CC1. The van der Waals surface area contributed by atoms with Crippen molar-refractivity contribution in [3.05, 3.63) is 34.1 Å². The molecule has 1 fully saturated rings. The molecule has 0 aliphatic heterocycles. The third-order valence-electron chi connectivity index (χ3n) is 4.07. The molecule has 2 rings (SSSR count). The highest BCUT2D eigenvalue weighted by Gasteiger charge is 2.42. The van der Waals surface area contributed by atoms with E-state index in [1.165, 1.54) is 18.2 Å². The van der Waals surface area contributed by atoms with Gasteiger partial charge in [0.25, 0.3) is 5.91 Å². The monoisotopic (exact) mass is 357 g/mol. The molecule has 0 bridgehead atoms. The second-order valence-electron chi connectivity index (χ2n) is 5.65. The Hall–Kier alpha value is -1.43. The topological polar surface area (TPSA) is 66.4 Å². The highest BCUT2D eigenvalue weighted by Crippen LogP contribution is 2.32. The standard InChI is InChI=1S/C15H17BrFNO3/c1-9-4-6-15(7-5-9,14(20)21)18-13(19)10-2-3-12(17)11(16)8-10/h2-3,8-9H,4-7H2,1H3,(H,18,19)(H,20,21). The summed E-state index contributed by atoms with van der Waals surface area (Å²) in [6.07, 6.45) is 2.36. The molecule has 2 N–H and O–H groups in total. The Morgan fingerprint density at radius 3 is 2.52 bits per heavy atom. The zero-order valence-electron chi connectivity index (χ0n) is 11.7. The third kappa shape index (κ3) is 3.43. The molecule has 1 aromatic carbocycles. The first-order valence-corrected chi connectivity index (χ1v) is 7.64. The fourth-order valence-electron chi connectivity index (χ4n) is 2.57. The molecule has 114 valence electrons. The van der Waals surface area contributed by atoms with Crippen LogP contribution in [-0.4, -0.2) is 22.5 Å². The minimum Gasteiger partial charge on any atom is -0.480 e. The van der Waals surface area contributed by atoms with Crippen LogP contribution >= 0.6 is 15.9 Å². The van der Waals surface area contributed by atoms with E-state index < -0.39 is 23.2 Å². The Morgan fingerprint density at radius 1 is 1.38 bits per heavy atom. The Morgan fingerprint density at radius 2 is 2.00 bits per heavy atom. The minimum absolute atomic E-state index is 0.178. The first kappa shape index (κ1) is 15.9. The molecule has 6 heteroatoms. The van der Waals surface area contributed by atoms with E-state index in [4.69, 9.17) is 0 Å². The number of halogens is 2. The van der Waals surface area contributed by atoms with Crippen molar-refractivity contribution >= 4 is 27.8 Å². The lowest BCUT2D eigenvalue weighted by molar-refractivity contribution is -0.146. The van der Waals surface area contributed by atoms with Gasteiger partial charge < -0.3 is 10.4 Å². The van der Waals surface area contributed by atoms with Gasteiger partial charge in [-0.05, 0) is 65.7 Å². The maximum Gasteiger partial charge on any atom is 0.329 e. The zero-order chi connectivity index (χ0) is 15.6. The lowest BCUT2D eigenvalue weighted by atomic mass is 9.77. The molecule has 0 radical (unpaired) electrons. The normalized spacial score (nSPS) is 25.4. The lowest BCUT2D eigenvalue weighted by Crippen LogP contribution is -2.56. The Labute approximate surface area is 130 Å². The average Bonchev–Trinajstić information content (AvgIpc) is 2.44. The van der Waals surface area contributed by atoms with E-state index in [2.05, 4.69) is 28.2 Å². The number of carbonyl (C=O) groups excluding carboxylic acids is 1. The van der Waals surface area contributed by atoms with Gasteiger partial charge in [0.15, 0.2) is 0 Å². The van der Waals surface area contributed by atoms with Crippen molar-refractivity contribution in [2.24, 2.45) is 5.92 Å². The van der Waals surface area contributed by atoms with Crippen LogP contribution in [0.15, 0.2) is 22.7 Å². The van der Waals surface area contributed by atoms with Gasteiger partial charge in [-0.15, -0.1) is 0 Å². The molecular weight excluding hydrogens is 341 g/mol. The smallest absolute Gasteiger partial charge is 0.329 e. The number of carboxylic acid groups (broad SMARTS) is 1. The van der Waals surface area contributed by atoms with Crippen LogP contribution in [0.4, 0.5) is 4.39 Å². The van der Waals surface area contributed by atoms with E-state index >= 15 is 0 Å². The van der Waals surface area contributed by atoms with E-state index in [0.29, 0.717) is 18.8 Å². The first-order valence-electron chi connectivity index (χ1n) is 6.85. The average molecular weight is 358 g/mol. The van der Waals surface area contributed by atoms with E-state index in [-0.39, 0.29) is 10.0 Å². The van der Waals surface area contributed by atoms with Gasteiger partial charge in [-0.3, -0.25) is 4.79 Å². The fraction of sp³-hybridized carbons (Fsp3) is 0.467. The van der Waals surface area contributed by atoms with Crippen LogP contribution in [0.1, 0.15) is 43.0 Å². The maximum absolute atomic E-state index is 13.2. The minimum atomic E-state index is -1.22. The van der Waals surface area contributed by atoms with Gasteiger partial charge in [0.1, 0.15) is 11.4 Å². The number of amides is 1. The number of benzene rings is 1. The second kappa shape index (κ2) is 6.13. The van der Waals surface area contributed by atoms with Crippen LogP contribution in [0.3, 0.4) is 0 Å². The van der Waals surface area contributed by atoms with Gasteiger partial charge in [0.2, 0.25) is 0 Å². The van der Waals surface area contributed by atoms with E-state index in [9.17, 15) is 19.1 Å². The maximum atomic E-state index is 13.2. The zero-order valence-corrected chi connectivity index (χ0v) is 13.2. The van der Waals surface area contributed by atoms with Crippen molar-refractivity contribution in [1.29, 1.82) is 0 Å². The van der Waals surface area contributed by atoms with Crippen LogP contribution in [0, 0.1) is 11.7 Å². The summed E-state index contributed by atoms with van der Waals surface area (Å²) >= 11 is 3.02. The van der Waals surface area contributed by atoms with Crippen LogP contribution < -0.4 is 5.32 Å². The number of carboxylic acids is 1. The molecule has 0 unspecified atom stereocenters. The Bertz CT molecular complexity index is 568. The summed E-state index contributed by atoms with van der Waals surface area (Å²) in [6.45, 7) is 2.07. The molecule has 4 nitrogen and oxygen atoms in total. The first-order chi connectivity index (χ1) is 9.84. The predicted octanol–water partition coefficient (Wildman–Crippen LogP) is 3.35. The van der Waals surface area contributed by atoms with E-state index in [0.717, 1.165) is 12.8 Å². The van der Waals surface area contributed by atoms with E-state index in [1.807, 2.05) is 0 Å². The Balaban J connectivity index is 2.19. The number of nitrogens with one attached hydrogen (secondary N) is 1. The van der Waals surface area contributed by atoms with Crippen molar-refractivity contribution < 1.29 is 19.1 Å². The summed E-state index contributed by atoms with van der Waals surface area (Å²) in [6, 6.07) is 3.87. The van der Waals surface area contributed by atoms with Gasteiger partial charge >= 0.3 is 5.97 Å². The Kier molecular flexibility index (Phi) is 4.66.